The molecule has 0 spiro atoms. The summed E-state index contributed by atoms with van der Waals surface area (Å²) in [5.41, 5.74) is -0.583. The van der Waals surface area contributed by atoms with Gasteiger partial charge in [-0.1, -0.05) is 0 Å². The van der Waals surface area contributed by atoms with Crippen molar-refractivity contribution in [3.8, 4) is 0 Å². The summed E-state index contributed by atoms with van der Waals surface area (Å²) in [5.74, 6) is 0.304. The highest BCUT2D eigenvalue weighted by atomic mass is 16.2. The first-order valence-corrected chi connectivity index (χ1v) is 8.05. The van der Waals surface area contributed by atoms with Gasteiger partial charge >= 0.3 is 5.69 Å². The van der Waals surface area contributed by atoms with E-state index in [1.54, 1.807) is 7.05 Å². The van der Waals surface area contributed by atoms with Gasteiger partial charge in [0.2, 0.25) is 5.95 Å². The molecular weight excluding hydrogens is 312 g/mol. The fraction of sp³-hybridized carbons (Fsp3) is 0.643. The first kappa shape index (κ1) is 16.5. The molecule has 0 bridgehead atoms. The van der Waals surface area contributed by atoms with Crippen LogP contribution in [-0.2, 0) is 14.1 Å². The summed E-state index contributed by atoms with van der Waals surface area (Å²) in [5, 5.41) is 14.3. The summed E-state index contributed by atoms with van der Waals surface area (Å²) in [7, 11) is 2.97. The Kier molecular flexibility index (Phi) is 4.86. The number of hydrogen-bond donors (Lipinski definition) is 2. The molecule has 0 amide bonds. The standard InChI is InChI=1S/C14H22N8O2/c1-20-11-10(12(23)21(2)14(20)24)17-13(19-18-11)16-4-3-7-22-8-5-15-6-9-22/h15H,3-9H2,1-2H3,(H,16,17,19). The van der Waals surface area contributed by atoms with Gasteiger partial charge in [-0.3, -0.25) is 13.9 Å². The van der Waals surface area contributed by atoms with Gasteiger partial charge in [-0.2, -0.15) is 0 Å². The van der Waals surface area contributed by atoms with Crippen LogP contribution < -0.4 is 21.9 Å². The lowest BCUT2D eigenvalue weighted by molar-refractivity contribution is 0.240. The predicted octanol–water partition coefficient (Wildman–Crippen LogP) is -1.87. The molecule has 0 radical (unpaired) electrons. The van der Waals surface area contributed by atoms with Gasteiger partial charge in [-0.15, -0.1) is 10.2 Å². The molecule has 0 saturated carbocycles. The molecule has 0 unspecified atom stereocenters. The van der Waals surface area contributed by atoms with Crippen molar-refractivity contribution >= 4 is 17.1 Å². The Morgan fingerprint density at radius 3 is 2.62 bits per heavy atom. The molecular formula is C14H22N8O2. The summed E-state index contributed by atoms with van der Waals surface area (Å²) >= 11 is 0. The van der Waals surface area contributed by atoms with Gasteiger partial charge in [0.1, 0.15) is 0 Å². The smallest absolute Gasteiger partial charge is 0.332 e. The zero-order valence-electron chi connectivity index (χ0n) is 13.9. The van der Waals surface area contributed by atoms with Gasteiger partial charge in [-0.25, -0.2) is 9.78 Å². The Morgan fingerprint density at radius 1 is 1.12 bits per heavy atom. The Hall–Kier alpha value is -2.33. The van der Waals surface area contributed by atoms with E-state index in [2.05, 4.69) is 30.7 Å². The summed E-state index contributed by atoms with van der Waals surface area (Å²) in [6.07, 6.45) is 0.951. The van der Waals surface area contributed by atoms with Crippen LogP contribution in [0.1, 0.15) is 6.42 Å². The molecule has 10 heteroatoms. The maximum absolute atomic E-state index is 12.2. The number of rotatable bonds is 5. The first-order chi connectivity index (χ1) is 11.6. The largest absolute Gasteiger partial charge is 0.353 e. The van der Waals surface area contributed by atoms with E-state index in [4.69, 9.17) is 0 Å². The summed E-state index contributed by atoms with van der Waals surface area (Å²) in [4.78, 5) is 30.7. The minimum atomic E-state index is -0.466. The van der Waals surface area contributed by atoms with Crippen LogP contribution in [0.25, 0.3) is 11.2 Å². The second kappa shape index (κ2) is 7.05. The van der Waals surface area contributed by atoms with Crippen molar-refractivity contribution in [1.29, 1.82) is 0 Å². The first-order valence-electron chi connectivity index (χ1n) is 8.05. The lowest BCUT2D eigenvalue weighted by atomic mass is 10.3. The van der Waals surface area contributed by atoms with Crippen LogP contribution in [0.5, 0.6) is 0 Å². The third-order valence-electron chi connectivity index (χ3n) is 4.21. The van der Waals surface area contributed by atoms with E-state index in [1.807, 2.05) is 0 Å². The van der Waals surface area contributed by atoms with Gasteiger partial charge in [-0.05, 0) is 13.0 Å². The topological polar surface area (TPSA) is 110 Å². The maximum atomic E-state index is 12.2. The van der Waals surface area contributed by atoms with Gasteiger partial charge in [0.05, 0.1) is 0 Å². The minimum Gasteiger partial charge on any atom is -0.353 e. The fourth-order valence-corrected chi connectivity index (χ4v) is 2.76. The normalized spacial score (nSPS) is 15.8. The van der Waals surface area contributed by atoms with Crippen molar-refractivity contribution in [3.63, 3.8) is 0 Å². The third-order valence-corrected chi connectivity index (χ3v) is 4.21. The van der Waals surface area contributed by atoms with Crippen LogP contribution in [0.4, 0.5) is 5.95 Å². The monoisotopic (exact) mass is 334 g/mol. The molecule has 1 aliphatic rings. The fourth-order valence-electron chi connectivity index (χ4n) is 2.76. The molecule has 0 atom stereocenters. The number of aryl methyl sites for hydroxylation is 1. The van der Waals surface area contributed by atoms with Crippen LogP contribution >= 0.6 is 0 Å². The molecule has 3 heterocycles. The van der Waals surface area contributed by atoms with E-state index in [0.717, 1.165) is 43.7 Å². The van der Waals surface area contributed by atoms with Crippen LogP contribution in [0.15, 0.2) is 9.59 Å². The number of anilines is 1. The highest BCUT2D eigenvalue weighted by molar-refractivity contribution is 5.69. The summed E-state index contributed by atoms with van der Waals surface area (Å²) in [6.45, 7) is 5.91. The van der Waals surface area contributed by atoms with E-state index in [0.29, 0.717) is 12.5 Å². The molecule has 2 N–H and O–H groups in total. The highest BCUT2D eigenvalue weighted by Crippen LogP contribution is 2.03. The van der Waals surface area contributed by atoms with Gasteiger partial charge in [0.15, 0.2) is 11.2 Å². The van der Waals surface area contributed by atoms with Crippen molar-refractivity contribution < 1.29 is 0 Å². The van der Waals surface area contributed by atoms with E-state index < -0.39 is 11.2 Å². The van der Waals surface area contributed by atoms with Crippen LogP contribution in [-0.4, -0.2) is 68.5 Å². The zero-order valence-corrected chi connectivity index (χ0v) is 13.9. The number of piperazine rings is 1. The Morgan fingerprint density at radius 2 is 1.88 bits per heavy atom. The zero-order chi connectivity index (χ0) is 17.1. The molecule has 2 aromatic heterocycles. The third kappa shape index (κ3) is 3.29. The molecule has 24 heavy (non-hydrogen) atoms. The van der Waals surface area contributed by atoms with Gasteiger partial charge in [0, 0.05) is 46.8 Å². The number of nitrogens with one attached hydrogen (secondary N) is 2. The lowest BCUT2D eigenvalue weighted by Gasteiger charge is -2.27. The van der Waals surface area contributed by atoms with Gasteiger partial charge in [0.25, 0.3) is 5.56 Å². The van der Waals surface area contributed by atoms with E-state index in [1.165, 1.54) is 11.6 Å². The second-order valence-electron chi connectivity index (χ2n) is 5.89. The van der Waals surface area contributed by atoms with Crippen molar-refractivity contribution in [2.24, 2.45) is 14.1 Å². The predicted molar refractivity (Wildman–Crippen MR) is 90.2 cm³/mol. The summed E-state index contributed by atoms with van der Waals surface area (Å²) < 4.78 is 2.29. The SMILES string of the molecule is Cn1c(=O)c2nc(NCCCN3CCNCC3)nnc2n(C)c1=O. The number of hydrogen-bond acceptors (Lipinski definition) is 8. The van der Waals surface area contributed by atoms with Crippen LogP contribution in [0.3, 0.4) is 0 Å². The highest BCUT2D eigenvalue weighted by Gasteiger charge is 2.13. The average Bonchev–Trinajstić information content (AvgIpc) is 2.62. The molecule has 1 fully saturated rings. The van der Waals surface area contributed by atoms with Crippen LogP contribution in [0, 0.1) is 0 Å². The second-order valence-corrected chi connectivity index (χ2v) is 5.89. The molecule has 2 aromatic rings. The summed E-state index contributed by atoms with van der Waals surface area (Å²) in [6, 6.07) is 0. The Labute approximate surface area is 138 Å². The molecule has 3 rings (SSSR count). The average molecular weight is 334 g/mol. The Bertz CT molecular complexity index is 837. The molecule has 1 saturated heterocycles. The van der Waals surface area contributed by atoms with Crippen LogP contribution in [0.2, 0.25) is 0 Å². The maximum Gasteiger partial charge on any atom is 0.332 e. The van der Waals surface area contributed by atoms with Crippen molar-refractivity contribution in [2.45, 2.75) is 6.42 Å². The number of aromatic nitrogens is 5. The quantitative estimate of drug-likeness (QED) is 0.612. The molecule has 0 aliphatic carbocycles. The molecule has 10 nitrogen and oxygen atoms in total. The lowest BCUT2D eigenvalue weighted by Crippen LogP contribution is -2.44. The molecule has 1 aliphatic heterocycles. The van der Waals surface area contributed by atoms with E-state index in [9.17, 15) is 9.59 Å². The number of fused-ring (bicyclic) bond motifs is 1. The van der Waals surface area contributed by atoms with E-state index in [-0.39, 0.29) is 11.2 Å². The molecule has 0 aromatic carbocycles. The van der Waals surface area contributed by atoms with Crippen molar-refractivity contribution in [1.82, 2.24) is 34.5 Å². The minimum absolute atomic E-state index is 0.138. The van der Waals surface area contributed by atoms with Crippen molar-refractivity contribution in [3.05, 3.63) is 20.8 Å². The Balaban J connectivity index is 1.67. The van der Waals surface area contributed by atoms with Gasteiger partial charge < -0.3 is 15.5 Å². The van der Waals surface area contributed by atoms with Crippen molar-refractivity contribution in [2.75, 3.05) is 44.6 Å². The van der Waals surface area contributed by atoms with E-state index >= 15 is 0 Å². The number of nitrogens with zero attached hydrogens (tertiary/aromatic N) is 6. The molecule has 130 valence electrons.